The number of piperidine rings is 1. The molecular formula is C26H27N9O3S. The predicted molar refractivity (Wildman–Crippen MR) is 143 cm³/mol. The van der Waals surface area contributed by atoms with Crippen LogP contribution in [-0.4, -0.2) is 65.1 Å². The van der Waals surface area contributed by atoms with Crippen molar-refractivity contribution in [2.45, 2.75) is 43.1 Å². The third kappa shape index (κ3) is 5.53. The average molecular weight is 546 g/mol. The van der Waals surface area contributed by atoms with Gasteiger partial charge in [0, 0.05) is 37.2 Å². The number of hydrogen-bond donors (Lipinski definition) is 3. The zero-order chi connectivity index (χ0) is 27.0. The van der Waals surface area contributed by atoms with Crippen molar-refractivity contribution in [1.29, 1.82) is 0 Å². The first kappa shape index (κ1) is 25.2. The maximum atomic E-state index is 12.5. The van der Waals surface area contributed by atoms with Gasteiger partial charge in [0.1, 0.15) is 17.3 Å². The number of nitrogens with one attached hydrogen (secondary N) is 2. The van der Waals surface area contributed by atoms with Gasteiger partial charge in [-0.25, -0.2) is 28.4 Å². The molecule has 4 aromatic rings. The SMILES string of the molecule is Cn1cnc(C#Cc2cnc(Nc3ccnc(-c4cnn(S(=O)(=O)C5CC5)c4)n3)cc2C2CC(O)CCN2)c1. The molecule has 200 valence electrons. The highest BCUT2D eigenvalue weighted by Gasteiger charge is 2.37. The number of hydrogen-bond acceptors (Lipinski definition) is 10. The molecule has 39 heavy (non-hydrogen) atoms. The summed E-state index contributed by atoms with van der Waals surface area (Å²) in [6.07, 6.45) is 11.9. The number of rotatable bonds is 6. The molecule has 2 aliphatic rings. The number of pyridine rings is 1. The molecule has 4 aromatic heterocycles. The number of nitrogens with zero attached hydrogens (tertiary/aromatic N) is 7. The number of aromatic nitrogens is 7. The summed E-state index contributed by atoms with van der Waals surface area (Å²) < 4.78 is 27.8. The van der Waals surface area contributed by atoms with Crippen LogP contribution in [0.3, 0.4) is 0 Å². The zero-order valence-electron chi connectivity index (χ0n) is 21.2. The molecular weight excluding hydrogens is 518 g/mol. The van der Waals surface area contributed by atoms with Crippen molar-refractivity contribution in [3.63, 3.8) is 0 Å². The van der Waals surface area contributed by atoms with Gasteiger partial charge in [0.25, 0.3) is 10.0 Å². The topological polar surface area (TPSA) is 153 Å². The van der Waals surface area contributed by atoms with Gasteiger partial charge in [-0.3, -0.25) is 0 Å². The zero-order valence-corrected chi connectivity index (χ0v) is 22.0. The molecule has 1 saturated carbocycles. The van der Waals surface area contributed by atoms with E-state index in [2.05, 4.69) is 47.5 Å². The molecule has 13 heteroatoms. The summed E-state index contributed by atoms with van der Waals surface area (Å²) in [5.74, 6) is 7.64. The first-order valence-corrected chi connectivity index (χ1v) is 14.2. The van der Waals surface area contributed by atoms with Crippen LogP contribution in [0.2, 0.25) is 0 Å². The van der Waals surface area contributed by atoms with Gasteiger partial charge in [0.15, 0.2) is 5.82 Å². The maximum Gasteiger partial charge on any atom is 0.256 e. The van der Waals surface area contributed by atoms with Crippen LogP contribution in [0.4, 0.5) is 11.6 Å². The molecule has 6 rings (SSSR count). The van der Waals surface area contributed by atoms with Crippen LogP contribution in [0.1, 0.15) is 48.5 Å². The van der Waals surface area contributed by atoms with Crippen LogP contribution < -0.4 is 10.6 Å². The minimum atomic E-state index is -3.47. The minimum Gasteiger partial charge on any atom is -0.393 e. The molecule has 3 N–H and O–H groups in total. The number of aliphatic hydroxyl groups is 1. The highest BCUT2D eigenvalue weighted by atomic mass is 32.2. The van der Waals surface area contributed by atoms with Gasteiger partial charge < -0.3 is 20.3 Å². The molecule has 2 unspecified atom stereocenters. The average Bonchev–Trinajstić information content (AvgIpc) is 3.53. The van der Waals surface area contributed by atoms with Gasteiger partial charge in [-0.1, -0.05) is 5.92 Å². The fourth-order valence-electron chi connectivity index (χ4n) is 4.45. The molecule has 1 saturated heterocycles. The summed E-state index contributed by atoms with van der Waals surface area (Å²) in [6.45, 7) is 0.698. The summed E-state index contributed by atoms with van der Waals surface area (Å²) >= 11 is 0. The lowest BCUT2D eigenvalue weighted by Crippen LogP contribution is -2.34. The number of aliphatic hydroxyl groups excluding tert-OH is 1. The molecule has 2 atom stereocenters. The van der Waals surface area contributed by atoms with Crippen molar-refractivity contribution in [1.82, 2.24) is 39.0 Å². The lowest BCUT2D eigenvalue weighted by atomic mass is 9.93. The molecule has 1 aliphatic carbocycles. The summed E-state index contributed by atoms with van der Waals surface area (Å²) in [5.41, 5.74) is 2.81. The Kier molecular flexibility index (Phi) is 6.59. The summed E-state index contributed by atoms with van der Waals surface area (Å²) in [4.78, 5) is 17.6. The Balaban J connectivity index is 1.27. The lowest BCUT2D eigenvalue weighted by Gasteiger charge is -2.28. The highest BCUT2D eigenvalue weighted by molar-refractivity contribution is 7.90. The number of aryl methyl sites for hydroxylation is 1. The van der Waals surface area contributed by atoms with Gasteiger partial charge >= 0.3 is 0 Å². The van der Waals surface area contributed by atoms with Gasteiger partial charge in [0.2, 0.25) is 0 Å². The van der Waals surface area contributed by atoms with Crippen LogP contribution >= 0.6 is 0 Å². The predicted octanol–water partition coefficient (Wildman–Crippen LogP) is 1.74. The monoisotopic (exact) mass is 545 g/mol. The van der Waals surface area contributed by atoms with E-state index in [1.807, 2.05) is 23.9 Å². The molecule has 5 heterocycles. The summed E-state index contributed by atoms with van der Waals surface area (Å²) in [5, 5.41) is 20.6. The largest absolute Gasteiger partial charge is 0.393 e. The second-order valence-electron chi connectivity index (χ2n) is 9.75. The Morgan fingerprint density at radius 1 is 1.10 bits per heavy atom. The van der Waals surface area contributed by atoms with Crippen LogP contribution in [0.25, 0.3) is 11.4 Å². The molecule has 12 nitrogen and oxygen atoms in total. The second kappa shape index (κ2) is 10.2. The molecule has 0 aromatic carbocycles. The van der Waals surface area contributed by atoms with Gasteiger partial charge in [-0.05, 0) is 55.8 Å². The van der Waals surface area contributed by atoms with E-state index < -0.39 is 16.1 Å². The Hall–Kier alpha value is -4.12. The molecule has 0 bridgehead atoms. The van der Waals surface area contributed by atoms with E-state index in [9.17, 15) is 13.5 Å². The highest BCUT2D eigenvalue weighted by Crippen LogP contribution is 2.31. The number of imidazole rings is 1. The second-order valence-corrected chi connectivity index (χ2v) is 11.8. The Bertz CT molecular complexity index is 1680. The fourth-order valence-corrected chi connectivity index (χ4v) is 5.93. The summed E-state index contributed by atoms with van der Waals surface area (Å²) in [6, 6.07) is 3.51. The van der Waals surface area contributed by atoms with E-state index in [0.717, 1.165) is 15.2 Å². The lowest BCUT2D eigenvalue weighted by molar-refractivity contribution is 0.116. The quantitative estimate of drug-likeness (QED) is 0.305. The smallest absolute Gasteiger partial charge is 0.256 e. The van der Waals surface area contributed by atoms with Crippen LogP contribution in [-0.2, 0) is 17.1 Å². The normalized spacial score (nSPS) is 19.3. The van der Waals surface area contributed by atoms with Crippen molar-refractivity contribution >= 4 is 21.7 Å². The van der Waals surface area contributed by atoms with E-state index >= 15 is 0 Å². The molecule has 1 aliphatic heterocycles. The first-order chi connectivity index (χ1) is 18.8. The Labute approximate surface area is 225 Å². The fraction of sp³-hybridized carbons (Fsp3) is 0.346. The molecule has 0 radical (unpaired) electrons. The van der Waals surface area contributed by atoms with Crippen molar-refractivity contribution in [3.8, 4) is 23.2 Å². The van der Waals surface area contributed by atoms with Crippen LogP contribution in [0.5, 0.6) is 0 Å². The van der Waals surface area contributed by atoms with Crippen molar-refractivity contribution in [2.75, 3.05) is 11.9 Å². The van der Waals surface area contributed by atoms with E-state index in [0.29, 0.717) is 60.9 Å². The van der Waals surface area contributed by atoms with Gasteiger partial charge in [-0.2, -0.15) is 9.19 Å². The van der Waals surface area contributed by atoms with E-state index in [-0.39, 0.29) is 11.3 Å². The third-order valence-electron chi connectivity index (χ3n) is 6.65. The van der Waals surface area contributed by atoms with Gasteiger partial charge in [-0.15, -0.1) is 0 Å². The van der Waals surface area contributed by atoms with Gasteiger partial charge in [0.05, 0.1) is 35.6 Å². The van der Waals surface area contributed by atoms with Crippen molar-refractivity contribution < 1.29 is 13.5 Å². The third-order valence-corrected chi connectivity index (χ3v) is 8.69. The van der Waals surface area contributed by atoms with Crippen LogP contribution in [0, 0.1) is 11.8 Å². The molecule has 0 amide bonds. The maximum absolute atomic E-state index is 12.5. The van der Waals surface area contributed by atoms with E-state index in [1.165, 1.54) is 12.4 Å². The van der Waals surface area contributed by atoms with Crippen LogP contribution in [0.15, 0.2) is 49.4 Å². The van der Waals surface area contributed by atoms with E-state index in [4.69, 9.17) is 0 Å². The number of anilines is 2. The molecule has 0 spiro atoms. The minimum absolute atomic E-state index is 0.0921. The van der Waals surface area contributed by atoms with Crippen molar-refractivity contribution in [2.24, 2.45) is 7.05 Å². The summed E-state index contributed by atoms with van der Waals surface area (Å²) in [7, 11) is -1.58. The van der Waals surface area contributed by atoms with E-state index in [1.54, 1.807) is 24.8 Å². The Morgan fingerprint density at radius 2 is 1.97 bits per heavy atom. The standard InChI is InChI=1S/C26H27N9O3S/c1-34-15-19(30-16-34)3-2-17-12-29-25(11-22(17)23-10-20(36)6-8-27-23)32-24-7-9-28-26(33-24)18-13-31-35(14-18)39(37,38)21-4-5-21/h7,9,11-16,20-21,23,27,36H,4-6,8,10H2,1H3,(H,28,29,32,33). The first-order valence-electron chi connectivity index (χ1n) is 12.7. The van der Waals surface area contributed by atoms with Crippen molar-refractivity contribution in [3.05, 3.63) is 66.3 Å². The Morgan fingerprint density at radius 3 is 2.74 bits per heavy atom. The molecule has 2 fully saturated rings.